The molecule has 0 saturated carbocycles. The quantitative estimate of drug-likeness (QED) is 0.275. The van der Waals surface area contributed by atoms with E-state index in [4.69, 9.17) is 33.2 Å². The van der Waals surface area contributed by atoms with Crippen LogP contribution in [0.5, 0.6) is 0 Å². The smallest absolute Gasteiger partial charge is 0.309 e. The molecule has 204 valence electrons. The van der Waals surface area contributed by atoms with Crippen molar-refractivity contribution >= 4 is 62.5 Å². The Morgan fingerprint density at radius 1 is 1.21 bits per heavy atom. The zero-order chi connectivity index (χ0) is 26.7. The molecule has 1 atom stereocenters. The number of benzene rings is 1. The molecule has 2 fully saturated rings. The van der Waals surface area contributed by atoms with Gasteiger partial charge in [-0.2, -0.15) is 4.98 Å². The number of aromatic nitrogens is 2. The standard InChI is InChI=1S/C28H35Cl2N5O2S/c1-2-3-19-6-11-34(18-19)12-8-28(26(36)37)9-13-35(14-10-28)27-32-23-7-15-38-24(23)25(33-27)31-17-20-4-5-21(29)16-22(20)30/h4-5,7,15-16,19H,2-3,6,8-14,17-18H2,1H3,(H,36,37)(H,31,32,33). The normalized spacial score (nSPS) is 19.8. The van der Waals surface area contributed by atoms with Gasteiger partial charge < -0.3 is 20.2 Å². The van der Waals surface area contributed by atoms with Gasteiger partial charge in [-0.1, -0.05) is 42.6 Å². The number of halogens is 2. The van der Waals surface area contributed by atoms with Crippen LogP contribution in [0.3, 0.4) is 0 Å². The number of carboxylic acids is 1. The van der Waals surface area contributed by atoms with Crippen molar-refractivity contribution in [1.29, 1.82) is 0 Å². The van der Waals surface area contributed by atoms with Crippen molar-refractivity contribution in [1.82, 2.24) is 14.9 Å². The van der Waals surface area contributed by atoms with Crippen molar-refractivity contribution in [2.24, 2.45) is 11.3 Å². The van der Waals surface area contributed by atoms with Crippen LogP contribution in [-0.4, -0.2) is 58.7 Å². The van der Waals surface area contributed by atoms with Crippen molar-refractivity contribution in [2.45, 2.75) is 52.0 Å². The fraction of sp³-hybridized carbons (Fsp3) is 0.536. The molecule has 10 heteroatoms. The monoisotopic (exact) mass is 575 g/mol. The highest BCUT2D eigenvalue weighted by Crippen LogP contribution is 2.38. The number of hydrogen-bond donors (Lipinski definition) is 2. The summed E-state index contributed by atoms with van der Waals surface area (Å²) in [6.07, 6.45) is 5.64. The van der Waals surface area contributed by atoms with Gasteiger partial charge in [-0.15, -0.1) is 11.3 Å². The van der Waals surface area contributed by atoms with Crippen molar-refractivity contribution in [3.05, 3.63) is 45.3 Å². The summed E-state index contributed by atoms with van der Waals surface area (Å²) in [5, 5.41) is 16.9. The van der Waals surface area contributed by atoms with Gasteiger partial charge in [0.05, 0.1) is 15.6 Å². The number of nitrogens with zero attached hydrogens (tertiary/aromatic N) is 4. The summed E-state index contributed by atoms with van der Waals surface area (Å²) in [5.74, 6) is 1.50. The van der Waals surface area contributed by atoms with Crippen molar-refractivity contribution in [3.8, 4) is 0 Å². The predicted molar refractivity (Wildman–Crippen MR) is 157 cm³/mol. The molecule has 38 heavy (non-hydrogen) atoms. The molecule has 1 unspecified atom stereocenters. The van der Waals surface area contributed by atoms with E-state index < -0.39 is 11.4 Å². The first-order valence-electron chi connectivity index (χ1n) is 13.5. The number of carboxylic acid groups (broad SMARTS) is 1. The molecule has 3 aromatic rings. The van der Waals surface area contributed by atoms with Gasteiger partial charge in [0.25, 0.3) is 0 Å². The minimum Gasteiger partial charge on any atom is -0.481 e. The fourth-order valence-electron chi connectivity index (χ4n) is 5.79. The highest BCUT2D eigenvalue weighted by atomic mass is 35.5. The number of hydrogen-bond acceptors (Lipinski definition) is 7. The highest BCUT2D eigenvalue weighted by molar-refractivity contribution is 7.17. The number of fused-ring (bicyclic) bond motifs is 1. The Morgan fingerprint density at radius 3 is 2.76 bits per heavy atom. The Kier molecular flexibility index (Phi) is 8.62. The molecule has 2 N–H and O–H groups in total. The van der Waals surface area contributed by atoms with Gasteiger partial charge in [0.1, 0.15) is 5.82 Å². The maximum absolute atomic E-state index is 12.5. The Bertz CT molecular complexity index is 1280. The summed E-state index contributed by atoms with van der Waals surface area (Å²) in [5.41, 5.74) is 1.14. The van der Waals surface area contributed by atoms with E-state index in [-0.39, 0.29) is 0 Å². The third-order valence-electron chi connectivity index (χ3n) is 8.18. The molecule has 2 aromatic heterocycles. The molecule has 0 aliphatic carbocycles. The summed E-state index contributed by atoms with van der Waals surface area (Å²) in [6, 6.07) is 7.47. The number of anilines is 2. The zero-order valence-electron chi connectivity index (χ0n) is 21.8. The molecular weight excluding hydrogens is 541 g/mol. The minimum atomic E-state index is -0.682. The lowest BCUT2D eigenvalue weighted by atomic mass is 9.75. The second kappa shape index (κ2) is 11.9. The lowest BCUT2D eigenvalue weighted by Crippen LogP contribution is -2.46. The van der Waals surface area contributed by atoms with E-state index in [0.717, 1.165) is 47.2 Å². The molecule has 0 bridgehead atoms. The Morgan fingerprint density at radius 2 is 2.03 bits per heavy atom. The molecule has 0 amide bonds. The van der Waals surface area contributed by atoms with Crippen LogP contribution in [0, 0.1) is 11.3 Å². The van der Waals surface area contributed by atoms with Gasteiger partial charge in [-0.05, 0) is 80.3 Å². The van der Waals surface area contributed by atoms with E-state index in [2.05, 4.69) is 22.0 Å². The van der Waals surface area contributed by atoms with Crippen LogP contribution in [0.4, 0.5) is 11.8 Å². The van der Waals surface area contributed by atoms with E-state index >= 15 is 0 Å². The molecular formula is C28H35Cl2N5O2S. The van der Waals surface area contributed by atoms with Crippen LogP contribution < -0.4 is 10.2 Å². The Hall–Kier alpha value is -2.13. The fourth-order valence-corrected chi connectivity index (χ4v) is 7.07. The summed E-state index contributed by atoms with van der Waals surface area (Å²) < 4.78 is 0.989. The van der Waals surface area contributed by atoms with E-state index in [9.17, 15) is 9.90 Å². The molecule has 5 rings (SSSR count). The summed E-state index contributed by atoms with van der Waals surface area (Å²) in [6.45, 7) is 7.08. The first kappa shape index (κ1) is 27.4. The van der Waals surface area contributed by atoms with Crippen molar-refractivity contribution < 1.29 is 9.90 Å². The summed E-state index contributed by atoms with van der Waals surface area (Å²) in [4.78, 5) is 26.7. The van der Waals surface area contributed by atoms with Gasteiger partial charge in [0.15, 0.2) is 0 Å². The molecule has 2 aliphatic heterocycles. The van der Waals surface area contributed by atoms with Gasteiger partial charge in [-0.25, -0.2) is 4.98 Å². The van der Waals surface area contributed by atoms with Crippen LogP contribution in [0.2, 0.25) is 10.0 Å². The minimum absolute atomic E-state index is 0.511. The number of likely N-dealkylation sites (tertiary alicyclic amines) is 1. The van der Waals surface area contributed by atoms with Crippen LogP contribution in [0.15, 0.2) is 29.6 Å². The van der Waals surface area contributed by atoms with Crippen molar-refractivity contribution in [2.75, 3.05) is 42.9 Å². The third-order valence-corrected chi connectivity index (χ3v) is 9.68. The van der Waals surface area contributed by atoms with E-state index in [1.54, 1.807) is 17.4 Å². The molecule has 2 aliphatic rings. The number of carbonyl (C=O) groups is 1. The van der Waals surface area contributed by atoms with Crippen LogP contribution in [0.1, 0.15) is 51.0 Å². The van der Waals surface area contributed by atoms with Gasteiger partial charge in [-0.3, -0.25) is 4.79 Å². The second-order valence-corrected chi connectivity index (χ2v) is 12.4. The van der Waals surface area contributed by atoms with E-state index in [0.29, 0.717) is 54.9 Å². The number of rotatable bonds is 10. The van der Waals surface area contributed by atoms with Crippen molar-refractivity contribution in [3.63, 3.8) is 0 Å². The maximum atomic E-state index is 12.5. The van der Waals surface area contributed by atoms with Gasteiger partial charge in [0, 0.05) is 36.2 Å². The molecule has 0 radical (unpaired) electrons. The SMILES string of the molecule is CCCC1CCN(CCC2(C(=O)O)CCN(c3nc(NCc4ccc(Cl)cc4Cl)c4sccc4n3)CC2)C1. The summed E-state index contributed by atoms with van der Waals surface area (Å²) >= 11 is 14.0. The molecule has 4 heterocycles. The Labute approximate surface area is 238 Å². The lowest BCUT2D eigenvalue weighted by Gasteiger charge is -2.39. The average molecular weight is 577 g/mol. The third kappa shape index (κ3) is 6.03. The van der Waals surface area contributed by atoms with Crippen LogP contribution in [-0.2, 0) is 11.3 Å². The number of nitrogens with one attached hydrogen (secondary N) is 1. The maximum Gasteiger partial charge on any atom is 0.309 e. The molecule has 1 aromatic carbocycles. The average Bonchev–Trinajstić information content (AvgIpc) is 3.57. The molecule has 2 saturated heterocycles. The first-order valence-corrected chi connectivity index (χ1v) is 15.1. The number of piperidine rings is 1. The molecule has 0 spiro atoms. The van der Waals surface area contributed by atoms with E-state index in [1.165, 1.54) is 19.3 Å². The van der Waals surface area contributed by atoms with Gasteiger partial charge >= 0.3 is 5.97 Å². The number of thiophene rings is 1. The molecule has 7 nitrogen and oxygen atoms in total. The van der Waals surface area contributed by atoms with E-state index in [1.807, 2.05) is 23.6 Å². The largest absolute Gasteiger partial charge is 0.481 e. The predicted octanol–water partition coefficient (Wildman–Crippen LogP) is 6.79. The Balaban J connectivity index is 1.26. The topological polar surface area (TPSA) is 81.6 Å². The zero-order valence-corrected chi connectivity index (χ0v) is 24.1. The lowest BCUT2D eigenvalue weighted by molar-refractivity contribution is -0.151. The summed E-state index contributed by atoms with van der Waals surface area (Å²) in [7, 11) is 0. The number of aliphatic carboxylic acids is 1. The van der Waals surface area contributed by atoms with Crippen LogP contribution in [0.25, 0.3) is 10.2 Å². The van der Waals surface area contributed by atoms with Crippen LogP contribution >= 0.6 is 34.5 Å². The highest BCUT2D eigenvalue weighted by Gasteiger charge is 2.42. The first-order chi connectivity index (χ1) is 18.4. The second-order valence-electron chi connectivity index (χ2n) is 10.7. The van der Waals surface area contributed by atoms with Gasteiger partial charge in [0.2, 0.25) is 5.95 Å².